The van der Waals surface area contributed by atoms with Gasteiger partial charge in [-0.25, -0.2) is 4.39 Å². The first-order valence-corrected chi connectivity index (χ1v) is 7.18. The highest BCUT2D eigenvalue weighted by Gasteiger charge is 2.22. The topological polar surface area (TPSA) is 49.3 Å². The molecule has 0 saturated heterocycles. The van der Waals surface area contributed by atoms with Crippen molar-refractivity contribution < 1.29 is 14.3 Å². The Labute approximate surface area is 121 Å². The van der Waals surface area contributed by atoms with Gasteiger partial charge in [0.1, 0.15) is 5.82 Å². The third-order valence-corrected chi connectivity index (χ3v) is 3.61. The van der Waals surface area contributed by atoms with Crippen LogP contribution in [0.25, 0.3) is 0 Å². The second-order valence-electron chi connectivity index (χ2n) is 5.00. The van der Waals surface area contributed by atoms with Crippen LogP contribution in [0, 0.1) is 5.82 Å². The number of aliphatic hydroxyl groups is 1. The predicted octanol–water partition coefficient (Wildman–Crippen LogP) is 2.61. The van der Waals surface area contributed by atoms with Crippen LogP contribution in [-0.2, 0) is 6.42 Å². The Balaban J connectivity index is 1.92. The van der Waals surface area contributed by atoms with E-state index in [2.05, 4.69) is 5.32 Å². The highest BCUT2D eigenvalue weighted by Crippen LogP contribution is 2.15. The first-order chi connectivity index (χ1) is 9.46. The zero-order chi connectivity index (χ0) is 14.6. The third-order valence-electron chi connectivity index (χ3n) is 2.88. The first kappa shape index (κ1) is 14.7. The van der Waals surface area contributed by atoms with Gasteiger partial charge in [-0.1, -0.05) is 6.07 Å². The number of halogens is 1. The summed E-state index contributed by atoms with van der Waals surface area (Å²) in [6.45, 7) is 1.77. The molecule has 3 nitrogen and oxygen atoms in total. The smallest absolute Gasteiger partial charge is 0.251 e. The van der Waals surface area contributed by atoms with Gasteiger partial charge >= 0.3 is 0 Å². The van der Waals surface area contributed by atoms with Gasteiger partial charge in [0.15, 0.2) is 0 Å². The fraction of sp³-hybridized carbons (Fsp3) is 0.267. The Kier molecular flexibility index (Phi) is 4.52. The molecule has 2 rings (SSSR count). The molecular formula is C15H16FNO2S. The minimum absolute atomic E-state index is 0.109. The number of thiophene rings is 1. The van der Waals surface area contributed by atoms with E-state index >= 15 is 0 Å². The van der Waals surface area contributed by atoms with Gasteiger partial charge in [-0.05, 0) is 47.5 Å². The number of hydrogen-bond donors (Lipinski definition) is 2. The molecule has 1 heterocycles. The summed E-state index contributed by atoms with van der Waals surface area (Å²) >= 11 is 1.56. The Bertz CT molecular complexity index is 581. The molecule has 0 aliphatic heterocycles. The van der Waals surface area contributed by atoms with Gasteiger partial charge in [-0.3, -0.25) is 4.79 Å². The maximum atomic E-state index is 13.0. The summed E-state index contributed by atoms with van der Waals surface area (Å²) in [5.74, 6) is -0.849. The van der Waals surface area contributed by atoms with Crippen LogP contribution in [0.3, 0.4) is 0 Å². The molecule has 1 atom stereocenters. The van der Waals surface area contributed by atoms with Crippen LogP contribution in [0.2, 0.25) is 0 Å². The second-order valence-corrected chi connectivity index (χ2v) is 5.78. The predicted molar refractivity (Wildman–Crippen MR) is 77.4 cm³/mol. The highest BCUT2D eigenvalue weighted by molar-refractivity contribution is 7.07. The summed E-state index contributed by atoms with van der Waals surface area (Å²) in [5, 5.41) is 16.8. The molecule has 0 saturated carbocycles. The molecule has 0 bridgehead atoms. The average molecular weight is 293 g/mol. The van der Waals surface area contributed by atoms with Crippen molar-refractivity contribution in [3.63, 3.8) is 0 Å². The van der Waals surface area contributed by atoms with E-state index in [1.54, 1.807) is 18.3 Å². The lowest BCUT2D eigenvalue weighted by molar-refractivity contribution is 0.0553. The Hall–Kier alpha value is -1.72. The van der Waals surface area contributed by atoms with Crippen molar-refractivity contribution in [2.75, 3.05) is 6.54 Å². The molecule has 1 unspecified atom stereocenters. The minimum atomic E-state index is -1.04. The van der Waals surface area contributed by atoms with Crippen molar-refractivity contribution in [3.05, 3.63) is 58.0 Å². The minimum Gasteiger partial charge on any atom is -0.388 e. The average Bonchev–Trinajstić information content (AvgIpc) is 2.88. The van der Waals surface area contributed by atoms with Gasteiger partial charge in [-0.15, -0.1) is 0 Å². The molecule has 20 heavy (non-hydrogen) atoms. The molecule has 5 heteroatoms. The molecule has 106 valence electrons. The molecule has 0 fully saturated rings. The fourth-order valence-corrected chi connectivity index (χ4v) is 2.57. The molecule has 0 aliphatic carbocycles. The van der Waals surface area contributed by atoms with E-state index in [-0.39, 0.29) is 12.1 Å². The number of amides is 1. The Morgan fingerprint density at radius 1 is 1.45 bits per heavy atom. The van der Waals surface area contributed by atoms with E-state index in [0.717, 1.165) is 5.56 Å². The maximum absolute atomic E-state index is 13.0. The normalized spacial score (nSPS) is 13.8. The van der Waals surface area contributed by atoms with Gasteiger partial charge in [0.25, 0.3) is 5.91 Å². The molecule has 1 aromatic carbocycles. The second kappa shape index (κ2) is 6.15. The molecule has 2 aromatic rings. The largest absolute Gasteiger partial charge is 0.388 e. The van der Waals surface area contributed by atoms with Crippen molar-refractivity contribution in [2.45, 2.75) is 18.9 Å². The number of rotatable bonds is 5. The zero-order valence-corrected chi connectivity index (χ0v) is 11.9. The highest BCUT2D eigenvalue weighted by atomic mass is 32.1. The van der Waals surface area contributed by atoms with Gasteiger partial charge in [0, 0.05) is 18.5 Å². The summed E-state index contributed by atoms with van der Waals surface area (Å²) in [6.07, 6.45) is 0.458. The SMILES string of the molecule is CC(O)(CNC(=O)c1cccc(F)c1)Cc1ccsc1. The van der Waals surface area contributed by atoms with Crippen LogP contribution >= 0.6 is 11.3 Å². The number of nitrogens with one attached hydrogen (secondary N) is 1. The van der Waals surface area contributed by atoms with Crippen molar-refractivity contribution in [3.8, 4) is 0 Å². The quantitative estimate of drug-likeness (QED) is 0.890. The number of carbonyl (C=O) groups is 1. The van der Waals surface area contributed by atoms with E-state index in [0.29, 0.717) is 6.42 Å². The van der Waals surface area contributed by atoms with Gasteiger partial charge in [0.05, 0.1) is 5.60 Å². The Morgan fingerprint density at radius 2 is 2.25 bits per heavy atom. The van der Waals surface area contributed by atoms with E-state index in [1.807, 2.05) is 16.8 Å². The molecule has 0 spiro atoms. The molecule has 0 radical (unpaired) electrons. The van der Waals surface area contributed by atoms with Crippen LogP contribution in [0.1, 0.15) is 22.8 Å². The van der Waals surface area contributed by atoms with E-state index in [1.165, 1.54) is 24.3 Å². The number of hydrogen-bond acceptors (Lipinski definition) is 3. The molecular weight excluding hydrogens is 277 g/mol. The van der Waals surface area contributed by atoms with Crippen LogP contribution in [-0.4, -0.2) is 23.2 Å². The first-order valence-electron chi connectivity index (χ1n) is 6.23. The van der Waals surface area contributed by atoms with E-state index in [9.17, 15) is 14.3 Å². The summed E-state index contributed by atoms with van der Waals surface area (Å²) in [5.41, 5.74) is 0.237. The van der Waals surface area contributed by atoms with Gasteiger partial charge in [-0.2, -0.15) is 11.3 Å². The monoisotopic (exact) mass is 293 g/mol. The van der Waals surface area contributed by atoms with Crippen molar-refractivity contribution >= 4 is 17.2 Å². The maximum Gasteiger partial charge on any atom is 0.251 e. The van der Waals surface area contributed by atoms with Crippen LogP contribution < -0.4 is 5.32 Å². The van der Waals surface area contributed by atoms with Gasteiger partial charge < -0.3 is 10.4 Å². The third kappa shape index (κ3) is 4.15. The molecule has 1 aromatic heterocycles. The fourth-order valence-electron chi connectivity index (χ4n) is 1.90. The van der Waals surface area contributed by atoms with Crippen molar-refractivity contribution in [1.29, 1.82) is 0 Å². The Morgan fingerprint density at radius 3 is 2.90 bits per heavy atom. The van der Waals surface area contributed by atoms with Crippen LogP contribution in [0.4, 0.5) is 4.39 Å². The van der Waals surface area contributed by atoms with Crippen molar-refractivity contribution in [2.24, 2.45) is 0 Å². The van der Waals surface area contributed by atoms with Gasteiger partial charge in [0.2, 0.25) is 0 Å². The summed E-state index contributed by atoms with van der Waals surface area (Å²) in [7, 11) is 0. The molecule has 2 N–H and O–H groups in total. The molecule has 1 amide bonds. The van der Waals surface area contributed by atoms with E-state index < -0.39 is 17.3 Å². The van der Waals surface area contributed by atoms with Crippen molar-refractivity contribution in [1.82, 2.24) is 5.32 Å². The summed E-state index contributed by atoms with van der Waals surface area (Å²) < 4.78 is 13.0. The lowest BCUT2D eigenvalue weighted by Crippen LogP contribution is -2.42. The van der Waals surface area contributed by atoms with Crippen LogP contribution in [0.5, 0.6) is 0 Å². The number of benzene rings is 1. The zero-order valence-electron chi connectivity index (χ0n) is 11.1. The lowest BCUT2D eigenvalue weighted by Gasteiger charge is -2.23. The van der Waals surface area contributed by atoms with Crippen LogP contribution in [0.15, 0.2) is 41.1 Å². The number of carbonyl (C=O) groups excluding carboxylic acids is 1. The summed E-state index contributed by atoms with van der Waals surface area (Å²) in [4.78, 5) is 11.9. The molecule has 0 aliphatic rings. The standard InChI is InChI=1S/C15H16FNO2S/c1-15(19,8-11-5-6-20-9-11)10-17-14(18)12-3-2-4-13(16)7-12/h2-7,9,19H,8,10H2,1H3,(H,17,18). The summed E-state index contributed by atoms with van der Waals surface area (Å²) in [6, 6.07) is 7.40. The lowest BCUT2D eigenvalue weighted by atomic mass is 9.98. The van der Waals surface area contributed by atoms with E-state index in [4.69, 9.17) is 0 Å².